The molecule has 0 aliphatic rings. The second-order valence-electron chi connectivity index (χ2n) is 5.77. The van der Waals surface area contributed by atoms with Crippen molar-refractivity contribution >= 4 is 33.1 Å². The lowest BCUT2D eigenvalue weighted by Gasteiger charge is -2.11. The average molecular weight is 315 g/mol. The lowest BCUT2D eigenvalue weighted by Crippen LogP contribution is -1.93. The van der Waals surface area contributed by atoms with Gasteiger partial charge in [0.05, 0.1) is 18.3 Å². The fourth-order valence-electron chi connectivity index (χ4n) is 3.01. The number of methoxy groups -OCH3 is 1. The molecule has 0 saturated heterocycles. The Hall–Kier alpha value is -3.27. The van der Waals surface area contributed by atoms with Crippen molar-refractivity contribution in [2.75, 3.05) is 18.6 Å². The zero-order valence-electron chi connectivity index (χ0n) is 13.3. The van der Waals surface area contributed by atoms with Crippen LogP contribution in [0.1, 0.15) is 0 Å². The Morgan fingerprint density at radius 1 is 0.750 bits per heavy atom. The first-order valence-corrected chi connectivity index (χ1v) is 7.68. The summed E-state index contributed by atoms with van der Waals surface area (Å²) in [6.45, 7) is 0. The van der Waals surface area contributed by atoms with Gasteiger partial charge in [0.15, 0.2) is 0 Å². The molecule has 0 amide bonds. The number of nitrogens with two attached hydrogens (primary N) is 2. The molecule has 4 heteroatoms. The highest BCUT2D eigenvalue weighted by molar-refractivity contribution is 6.12. The first kappa shape index (κ1) is 14.3. The molecule has 3 aromatic carbocycles. The van der Waals surface area contributed by atoms with Crippen molar-refractivity contribution < 1.29 is 4.74 Å². The Morgan fingerprint density at radius 2 is 1.42 bits per heavy atom. The minimum Gasteiger partial charge on any atom is -0.497 e. The predicted molar refractivity (Wildman–Crippen MR) is 100 cm³/mol. The largest absolute Gasteiger partial charge is 0.497 e. The number of hydrogen-bond donors (Lipinski definition) is 2. The third kappa shape index (κ3) is 2.29. The highest BCUT2D eigenvalue weighted by atomic mass is 16.5. The molecule has 0 bridgehead atoms. The molecule has 4 rings (SSSR count). The van der Waals surface area contributed by atoms with E-state index < -0.39 is 0 Å². The van der Waals surface area contributed by atoms with Crippen LogP contribution in [-0.2, 0) is 0 Å². The number of nitrogen functional groups attached to an aromatic ring is 2. The number of pyridine rings is 1. The van der Waals surface area contributed by atoms with Gasteiger partial charge in [-0.3, -0.25) is 0 Å². The van der Waals surface area contributed by atoms with Crippen molar-refractivity contribution in [1.29, 1.82) is 0 Å². The van der Waals surface area contributed by atoms with Crippen molar-refractivity contribution in [3.63, 3.8) is 0 Å². The second-order valence-corrected chi connectivity index (χ2v) is 5.77. The summed E-state index contributed by atoms with van der Waals surface area (Å²) in [5, 5.41) is 3.20. The van der Waals surface area contributed by atoms with E-state index >= 15 is 0 Å². The molecule has 0 aliphatic heterocycles. The maximum atomic E-state index is 6.02. The number of aromatic nitrogens is 1. The zero-order valence-corrected chi connectivity index (χ0v) is 13.3. The quantitative estimate of drug-likeness (QED) is 0.429. The maximum Gasteiger partial charge on any atom is 0.118 e. The van der Waals surface area contributed by atoms with Crippen LogP contribution in [0.4, 0.5) is 11.4 Å². The lowest BCUT2D eigenvalue weighted by molar-refractivity contribution is 0.415. The summed E-state index contributed by atoms with van der Waals surface area (Å²) < 4.78 is 5.24. The van der Waals surface area contributed by atoms with Crippen molar-refractivity contribution in [3.8, 4) is 17.0 Å². The van der Waals surface area contributed by atoms with Gasteiger partial charge < -0.3 is 16.2 Å². The van der Waals surface area contributed by atoms with E-state index in [2.05, 4.69) is 0 Å². The van der Waals surface area contributed by atoms with Crippen LogP contribution in [0.25, 0.3) is 32.9 Å². The molecule has 24 heavy (non-hydrogen) atoms. The number of anilines is 2. The van der Waals surface area contributed by atoms with E-state index in [0.717, 1.165) is 38.7 Å². The molecule has 0 spiro atoms. The van der Waals surface area contributed by atoms with Crippen LogP contribution < -0.4 is 16.2 Å². The SMILES string of the molecule is COc1ccc(-c2nc3cc(N)ccc3c3ccc(N)cc23)cc1. The number of hydrogen-bond acceptors (Lipinski definition) is 4. The Bertz CT molecular complexity index is 1060. The van der Waals surface area contributed by atoms with Crippen LogP contribution in [0.3, 0.4) is 0 Å². The van der Waals surface area contributed by atoms with E-state index in [-0.39, 0.29) is 0 Å². The number of rotatable bonds is 2. The number of nitrogens with zero attached hydrogens (tertiary/aromatic N) is 1. The summed E-state index contributed by atoms with van der Waals surface area (Å²) in [6, 6.07) is 19.6. The summed E-state index contributed by atoms with van der Waals surface area (Å²) in [5.74, 6) is 0.813. The molecule has 118 valence electrons. The van der Waals surface area contributed by atoms with E-state index in [1.165, 1.54) is 0 Å². The van der Waals surface area contributed by atoms with Gasteiger partial charge in [-0.2, -0.15) is 0 Å². The van der Waals surface area contributed by atoms with E-state index in [1.807, 2.05) is 60.7 Å². The molecule has 4 nitrogen and oxygen atoms in total. The van der Waals surface area contributed by atoms with Gasteiger partial charge in [0.1, 0.15) is 5.75 Å². The third-order valence-corrected chi connectivity index (χ3v) is 4.21. The molecule has 0 radical (unpaired) electrons. The first-order valence-electron chi connectivity index (χ1n) is 7.68. The smallest absolute Gasteiger partial charge is 0.118 e. The number of fused-ring (bicyclic) bond motifs is 3. The van der Waals surface area contributed by atoms with Gasteiger partial charge in [0.2, 0.25) is 0 Å². The minimum atomic E-state index is 0.700. The highest BCUT2D eigenvalue weighted by Gasteiger charge is 2.11. The van der Waals surface area contributed by atoms with E-state index in [9.17, 15) is 0 Å². The summed E-state index contributed by atoms with van der Waals surface area (Å²) in [4.78, 5) is 4.85. The zero-order chi connectivity index (χ0) is 16.7. The van der Waals surface area contributed by atoms with Crippen LogP contribution in [-0.4, -0.2) is 12.1 Å². The molecule has 1 heterocycles. The minimum absolute atomic E-state index is 0.700. The fraction of sp³-hybridized carbons (Fsp3) is 0.0500. The van der Waals surface area contributed by atoms with E-state index in [0.29, 0.717) is 11.4 Å². The second kappa shape index (κ2) is 5.42. The van der Waals surface area contributed by atoms with Gasteiger partial charge >= 0.3 is 0 Å². The Kier molecular flexibility index (Phi) is 3.24. The molecule has 0 unspecified atom stereocenters. The third-order valence-electron chi connectivity index (χ3n) is 4.21. The predicted octanol–water partition coefficient (Wildman–Crippen LogP) is 4.23. The highest BCUT2D eigenvalue weighted by Crippen LogP contribution is 2.34. The fourth-order valence-corrected chi connectivity index (χ4v) is 3.01. The molecule has 4 aromatic rings. The Balaban J connectivity index is 2.08. The maximum absolute atomic E-state index is 6.02. The van der Waals surface area contributed by atoms with Gasteiger partial charge in [-0.05, 0) is 53.9 Å². The molecule has 1 aromatic heterocycles. The summed E-state index contributed by atoms with van der Waals surface area (Å²) in [7, 11) is 1.65. The molecule has 0 aliphatic carbocycles. The summed E-state index contributed by atoms with van der Waals surface area (Å²) >= 11 is 0. The van der Waals surface area contributed by atoms with Gasteiger partial charge in [0, 0.05) is 27.7 Å². The van der Waals surface area contributed by atoms with Crippen LogP contribution in [0.5, 0.6) is 5.75 Å². The molecular formula is C20H17N3O. The van der Waals surface area contributed by atoms with Crippen molar-refractivity contribution in [2.24, 2.45) is 0 Å². The van der Waals surface area contributed by atoms with Gasteiger partial charge in [-0.1, -0.05) is 12.1 Å². The Morgan fingerprint density at radius 3 is 2.12 bits per heavy atom. The number of benzene rings is 3. The monoisotopic (exact) mass is 315 g/mol. The lowest BCUT2D eigenvalue weighted by atomic mass is 9.99. The normalized spacial score (nSPS) is 11.0. The van der Waals surface area contributed by atoms with Crippen LogP contribution in [0.2, 0.25) is 0 Å². The first-order chi connectivity index (χ1) is 11.7. The standard InChI is InChI=1S/C20H17N3O/c1-24-15-6-2-12(3-7-15)20-18-10-13(21)4-8-16(18)17-9-5-14(22)11-19(17)23-20/h2-11H,21-22H2,1H3. The summed E-state index contributed by atoms with van der Waals surface area (Å²) in [6.07, 6.45) is 0. The van der Waals surface area contributed by atoms with E-state index in [1.54, 1.807) is 7.11 Å². The van der Waals surface area contributed by atoms with Crippen LogP contribution in [0, 0.1) is 0 Å². The number of ether oxygens (including phenoxy) is 1. The van der Waals surface area contributed by atoms with Crippen LogP contribution >= 0.6 is 0 Å². The molecule has 0 saturated carbocycles. The molecule has 0 fully saturated rings. The van der Waals surface area contributed by atoms with E-state index in [4.69, 9.17) is 21.2 Å². The average Bonchev–Trinajstić information content (AvgIpc) is 2.60. The topological polar surface area (TPSA) is 74.2 Å². The van der Waals surface area contributed by atoms with Crippen molar-refractivity contribution in [2.45, 2.75) is 0 Å². The molecule has 4 N–H and O–H groups in total. The summed E-state index contributed by atoms with van der Waals surface area (Å²) in [5.41, 5.74) is 16.1. The van der Waals surface area contributed by atoms with Crippen molar-refractivity contribution in [3.05, 3.63) is 60.7 Å². The van der Waals surface area contributed by atoms with Crippen molar-refractivity contribution in [1.82, 2.24) is 4.98 Å². The van der Waals surface area contributed by atoms with Crippen LogP contribution in [0.15, 0.2) is 60.7 Å². The van der Waals surface area contributed by atoms with Gasteiger partial charge in [-0.25, -0.2) is 4.98 Å². The van der Waals surface area contributed by atoms with Gasteiger partial charge in [0.25, 0.3) is 0 Å². The Labute approximate surface area is 139 Å². The molecule has 0 atom stereocenters. The molecular weight excluding hydrogens is 298 g/mol. The van der Waals surface area contributed by atoms with Gasteiger partial charge in [-0.15, -0.1) is 0 Å².